The minimum absolute atomic E-state index is 0.163. The second-order valence-electron chi connectivity index (χ2n) is 8.97. The van der Waals surface area contributed by atoms with Crippen LogP contribution in [0.3, 0.4) is 0 Å². The topological polar surface area (TPSA) is 120 Å². The largest absolute Gasteiger partial charge is 0.490 e. The van der Waals surface area contributed by atoms with Gasteiger partial charge in [-0.05, 0) is 67.5 Å². The summed E-state index contributed by atoms with van der Waals surface area (Å²) in [5, 5.41) is 51.5. The fourth-order valence-corrected chi connectivity index (χ4v) is 4.79. The van der Waals surface area contributed by atoms with E-state index in [4.69, 9.17) is 21.1 Å². The highest BCUT2D eigenvalue weighted by molar-refractivity contribution is 6.31. The van der Waals surface area contributed by atoms with Crippen LogP contribution in [0.1, 0.15) is 48.8 Å². The van der Waals surface area contributed by atoms with Gasteiger partial charge in [-0.2, -0.15) is 0 Å². The summed E-state index contributed by atoms with van der Waals surface area (Å²) >= 11 is 6.40. The molecule has 2 fully saturated rings. The van der Waals surface area contributed by atoms with Crippen molar-refractivity contribution in [2.24, 2.45) is 0 Å². The summed E-state index contributed by atoms with van der Waals surface area (Å²) in [5.41, 5.74) is 1.82. The molecule has 1 aliphatic heterocycles. The molecular weight excluding hydrogens is 448 g/mol. The van der Waals surface area contributed by atoms with Gasteiger partial charge in [0.15, 0.2) is 0 Å². The first-order valence-electron chi connectivity index (χ1n) is 11.4. The van der Waals surface area contributed by atoms with Crippen molar-refractivity contribution in [2.75, 3.05) is 6.61 Å². The van der Waals surface area contributed by atoms with E-state index >= 15 is 0 Å². The van der Waals surface area contributed by atoms with E-state index in [1.54, 1.807) is 12.1 Å². The van der Waals surface area contributed by atoms with E-state index in [0.717, 1.165) is 24.2 Å². The molecule has 4 rings (SSSR count). The zero-order chi connectivity index (χ0) is 23.6. The molecule has 2 aromatic carbocycles. The van der Waals surface area contributed by atoms with Gasteiger partial charge in [-0.1, -0.05) is 36.2 Å². The van der Waals surface area contributed by atoms with Gasteiger partial charge in [-0.25, -0.2) is 0 Å². The predicted octanol–water partition coefficient (Wildman–Crippen LogP) is 2.26. The first kappa shape index (κ1) is 24.4. The van der Waals surface area contributed by atoms with Crippen LogP contribution in [0.4, 0.5) is 0 Å². The van der Waals surface area contributed by atoms with Crippen LogP contribution in [-0.4, -0.2) is 62.7 Å². The van der Waals surface area contributed by atoms with Crippen molar-refractivity contribution in [1.82, 2.24) is 0 Å². The van der Waals surface area contributed by atoms with Crippen molar-refractivity contribution in [3.8, 4) is 5.75 Å². The van der Waals surface area contributed by atoms with Crippen LogP contribution < -0.4 is 4.74 Å². The molecule has 180 valence electrons. The van der Waals surface area contributed by atoms with Crippen molar-refractivity contribution in [2.45, 2.75) is 74.8 Å². The standard InChI is InChI=1S/C25H31ClO7/c26-20-11-8-17(25(31)24(30)23(29)22(28)21(14-27)33-25)13-16(20)12-15-6-9-19(10-7-15)32-18-4-2-1-3-5-18/h6-11,13,18,21-24,27-31H,1-5,12,14H2/t21-,22-,23+,24-,25-/m1/s1. The molecule has 2 aromatic rings. The molecule has 8 heteroatoms. The monoisotopic (exact) mass is 478 g/mol. The van der Waals surface area contributed by atoms with Crippen LogP contribution in [0, 0.1) is 0 Å². The first-order chi connectivity index (χ1) is 15.8. The second kappa shape index (κ2) is 10.3. The van der Waals surface area contributed by atoms with Crippen LogP contribution in [-0.2, 0) is 16.9 Å². The molecule has 0 bridgehead atoms. The van der Waals surface area contributed by atoms with Gasteiger partial charge in [0.05, 0.1) is 12.7 Å². The normalized spacial score (nSPS) is 30.8. The molecule has 0 amide bonds. The molecule has 1 saturated carbocycles. The van der Waals surface area contributed by atoms with E-state index in [-0.39, 0.29) is 11.7 Å². The molecule has 0 spiro atoms. The SMILES string of the molecule is OC[C@H]1O[C@](O)(c2ccc(Cl)c(Cc3ccc(OC4CCCCC4)cc3)c2)[C@H](O)[C@@H](O)[C@@H]1O. The number of rotatable bonds is 6. The third kappa shape index (κ3) is 5.20. The van der Waals surface area contributed by atoms with Gasteiger partial charge >= 0.3 is 0 Å². The van der Waals surface area contributed by atoms with Crippen molar-refractivity contribution in [3.05, 3.63) is 64.2 Å². The minimum Gasteiger partial charge on any atom is -0.490 e. The summed E-state index contributed by atoms with van der Waals surface area (Å²) in [6, 6.07) is 12.4. The Morgan fingerprint density at radius 2 is 1.67 bits per heavy atom. The zero-order valence-corrected chi connectivity index (χ0v) is 19.1. The maximum absolute atomic E-state index is 11.1. The summed E-state index contributed by atoms with van der Waals surface area (Å²) in [6.07, 6.45) is 0.276. The van der Waals surface area contributed by atoms with Gasteiger partial charge in [0, 0.05) is 10.6 Å². The fourth-order valence-electron chi connectivity index (χ4n) is 4.61. The molecule has 1 saturated heterocycles. The van der Waals surface area contributed by atoms with Gasteiger partial charge in [-0.15, -0.1) is 0 Å². The number of hydrogen-bond donors (Lipinski definition) is 5. The maximum atomic E-state index is 11.1. The van der Waals surface area contributed by atoms with E-state index in [1.807, 2.05) is 24.3 Å². The summed E-state index contributed by atoms with van der Waals surface area (Å²) in [5.74, 6) is -1.48. The number of aliphatic hydroxyl groups is 5. The van der Waals surface area contributed by atoms with Crippen LogP contribution in [0.15, 0.2) is 42.5 Å². The molecule has 5 atom stereocenters. The number of benzene rings is 2. The van der Waals surface area contributed by atoms with E-state index in [2.05, 4.69) is 0 Å². The van der Waals surface area contributed by atoms with Crippen molar-refractivity contribution in [3.63, 3.8) is 0 Å². The molecular formula is C25H31ClO7. The quantitative estimate of drug-likeness (QED) is 0.432. The molecule has 33 heavy (non-hydrogen) atoms. The Balaban J connectivity index is 1.51. The van der Waals surface area contributed by atoms with Crippen LogP contribution in [0.25, 0.3) is 0 Å². The Bertz CT molecular complexity index is 929. The Labute approximate surface area is 198 Å². The minimum atomic E-state index is -2.32. The average Bonchev–Trinajstić information content (AvgIpc) is 2.83. The van der Waals surface area contributed by atoms with Gasteiger partial charge in [0.1, 0.15) is 30.2 Å². The molecule has 1 aliphatic carbocycles. The Hall–Kier alpha value is -1.71. The Morgan fingerprint density at radius 1 is 0.970 bits per heavy atom. The molecule has 0 radical (unpaired) electrons. The maximum Gasteiger partial charge on any atom is 0.222 e. The van der Waals surface area contributed by atoms with Crippen molar-refractivity contribution in [1.29, 1.82) is 0 Å². The van der Waals surface area contributed by atoms with Gasteiger partial charge < -0.3 is 35.0 Å². The van der Waals surface area contributed by atoms with Gasteiger partial charge in [0.25, 0.3) is 0 Å². The number of halogens is 1. The lowest BCUT2D eigenvalue weighted by molar-refractivity contribution is -0.357. The van der Waals surface area contributed by atoms with E-state index in [0.29, 0.717) is 17.0 Å². The molecule has 5 N–H and O–H groups in total. The second-order valence-corrected chi connectivity index (χ2v) is 9.37. The summed E-state index contributed by atoms with van der Waals surface area (Å²) in [4.78, 5) is 0. The Kier molecular flexibility index (Phi) is 7.60. The molecule has 0 aromatic heterocycles. The first-order valence-corrected chi connectivity index (χ1v) is 11.8. The highest BCUT2D eigenvalue weighted by Gasteiger charge is 2.53. The molecule has 1 heterocycles. The summed E-state index contributed by atoms with van der Waals surface area (Å²) < 4.78 is 11.5. The van der Waals surface area contributed by atoms with Crippen molar-refractivity contribution >= 4 is 11.6 Å². The van der Waals surface area contributed by atoms with Crippen molar-refractivity contribution < 1.29 is 35.0 Å². The van der Waals surface area contributed by atoms with Crippen LogP contribution in [0.5, 0.6) is 5.75 Å². The number of hydrogen-bond acceptors (Lipinski definition) is 7. The average molecular weight is 479 g/mol. The Morgan fingerprint density at radius 3 is 2.33 bits per heavy atom. The molecule has 2 aliphatic rings. The lowest BCUT2D eigenvalue weighted by Crippen LogP contribution is -2.63. The van der Waals surface area contributed by atoms with Gasteiger partial charge in [0.2, 0.25) is 5.79 Å². The number of ether oxygens (including phenoxy) is 2. The highest BCUT2D eigenvalue weighted by atomic mass is 35.5. The zero-order valence-electron chi connectivity index (χ0n) is 18.3. The lowest BCUT2D eigenvalue weighted by atomic mass is 9.87. The fraction of sp³-hybridized carbons (Fsp3) is 0.520. The molecule has 7 nitrogen and oxygen atoms in total. The summed E-state index contributed by atoms with van der Waals surface area (Å²) in [6.45, 7) is -0.636. The third-order valence-corrected chi connectivity index (χ3v) is 6.97. The van der Waals surface area contributed by atoms with E-state index in [1.165, 1.54) is 25.3 Å². The predicted molar refractivity (Wildman–Crippen MR) is 122 cm³/mol. The van der Waals surface area contributed by atoms with Crippen LogP contribution in [0.2, 0.25) is 5.02 Å². The van der Waals surface area contributed by atoms with Crippen LogP contribution >= 0.6 is 11.6 Å². The van der Waals surface area contributed by atoms with Gasteiger partial charge in [-0.3, -0.25) is 0 Å². The lowest BCUT2D eigenvalue weighted by Gasteiger charge is -2.45. The number of aliphatic hydroxyl groups excluding tert-OH is 4. The van der Waals surface area contributed by atoms with E-state index in [9.17, 15) is 25.5 Å². The van der Waals surface area contributed by atoms with E-state index < -0.39 is 36.8 Å². The third-order valence-electron chi connectivity index (χ3n) is 6.60. The smallest absolute Gasteiger partial charge is 0.222 e. The highest BCUT2D eigenvalue weighted by Crippen LogP contribution is 2.38. The molecule has 0 unspecified atom stereocenters. The summed E-state index contributed by atoms with van der Waals surface area (Å²) in [7, 11) is 0.